The molecule has 1 aliphatic rings. The van der Waals surface area contributed by atoms with Crippen LogP contribution in [-0.4, -0.2) is 47.1 Å². The monoisotopic (exact) mass is 522 g/mol. The van der Waals surface area contributed by atoms with Crippen molar-refractivity contribution < 1.29 is 19.4 Å². The Kier molecular flexibility index (Phi) is 10.6. The van der Waals surface area contributed by atoms with Gasteiger partial charge < -0.3 is 19.6 Å². The van der Waals surface area contributed by atoms with Crippen molar-refractivity contribution in [1.82, 2.24) is 4.90 Å². The number of rotatable bonds is 13. The van der Waals surface area contributed by atoms with Crippen LogP contribution in [0.4, 0.5) is 5.69 Å². The lowest BCUT2D eigenvalue weighted by Gasteiger charge is -2.38. The fourth-order valence-corrected chi connectivity index (χ4v) is 5.15. The Morgan fingerprint density at radius 1 is 1.03 bits per heavy atom. The molecule has 1 amide bonds. The van der Waals surface area contributed by atoms with Crippen molar-refractivity contribution in [3.63, 3.8) is 0 Å². The van der Waals surface area contributed by atoms with Gasteiger partial charge in [-0.2, -0.15) is 0 Å². The Balaban J connectivity index is 1.87. The molecule has 1 heterocycles. The van der Waals surface area contributed by atoms with Crippen molar-refractivity contribution >= 4 is 17.6 Å². The van der Waals surface area contributed by atoms with Gasteiger partial charge in [0.2, 0.25) is 5.91 Å². The van der Waals surface area contributed by atoms with Crippen LogP contribution in [0.2, 0.25) is 0 Å². The highest BCUT2D eigenvalue weighted by Crippen LogP contribution is 2.36. The summed E-state index contributed by atoms with van der Waals surface area (Å²) in [4.78, 5) is 29.9. The summed E-state index contributed by atoms with van der Waals surface area (Å²) in [6.07, 6.45) is 7.10. The summed E-state index contributed by atoms with van der Waals surface area (Å²) in [5.41, 5.74) is 2.11. The summed E-state index contributed by atoms with van der Waals surface area (Å²) < 4.78 is 5.63. The van der Waals surface area contributed by atoms with Gasteiger partial charge in [-0.05, 0) is 74.8 Å². The molecule has 1 atom stereocenters. The molecule has 0 radical (unpaired) electrons. The number of carbonyl (C=O) groups excluding carboxylic acids is 1. The summed E-state index contributed by atoms with van der Waals surface area (Å²) in [5, 5.41) is 9.34. The Morgan fingerprint density at radius 2 is 1.68 bits per heavy atom. The van der Waals surface area contributed by atoms with Crippen molar-refractivity contribution in [2.75, 3.05) is 24.5 Å². The standard InChI is InChI=1S/C32H46N2O4/c1-6-7-14-29(27-13-9-10-15-28(27)33-20-11-8-12-21-33)34(23-24(2)3)30(35)22-25-16-18-26(19-17-25)38-32(4,5)31(36)37/h9-10,13,15-19,24,29H,6-8,11-12,14,20-23H2,1-5H3,(H,36,37). The second kappa shape index (κ2) is 13.7. The minimum absolute atomic E-state index is 0.0296. The number of nitrogens with zero attached hydrogens (tertiary/aromatic N) is 2. The lowest BCUT2D eigenvalue weighted by atomic mass is 9.94. The van der Waals surface area contributed by atoms with Crippen molar-refractivity contribution in [1.29, 1.82) is 0 Å². The number of hydrogen-bond donors (Lipinski definition) is 1. The molecular formula is C32H46N2O4. The Bertz CT molecular complexity index is 1040. The zero-order chi connectivity index (χ0) is 27.7. The maximum absolute atomic E-state index is 13.9. The smallest absolute Gasteiger partial charge is 0.347 e. The lowest BCUT2D eigenvalue weighted by Crippen LogP contribution is -2.40. The van der Waals surface area contributed by atoms with Gasteiger partial charge in [-0.3, -0.25) is 4.79 Å². The third-order valence-electron chi connectivity index (χ3n) is 7.25. The first-order valence-electron chi connectivity index (χ1n) is 14.3. The number of aliphatic carboxylic acids is 1. The Hall–Kier alpha value is -3.02. The molecule has 0 aromatic heterocycles. The molecule has 2 aromatic carbocycles. The highest BCUT2D eigenvalue weighted by atomic mass is 16.5. The molecule has 1 aliphatic heterocycles. The van der Waals surface area contributed by atoms with Gasteiger partial charge in [0.05, 0.1) is 12.5 Å². The number of ether oxygens (including phenoxy) is 1. The summed E-state index contributed by atoms with van der Waals surface area (Å²) in [6, 6.07) is 15.9. The van der Waals surface area contributed by atoms with E-state index < -0.39 is 11.6 Å². The number of hydrogen-bond acceptors (Lipinski definition) is 4. The molecule has 38 heavy (non-hydrogen) atoms. The number of carboxylic acid groups (broad SMARTS) is 1. The number of anilines is 1. The fourth-order valence-electron chi connectivity index (χ4n) is 5.15. The Morgan fingerprint density at radius 3 is 2.29 bits per heavy atom. The van der Waals surface area contributed by atoms with Crippen LogP contribution in [0, 0.1) is 5.92 Å². The molecule has 6 heteroatoms. The van der Waals surface area contributed by atoms with Crippen LogP contribution < -0.4 is 9.64 Å². The van der Waals surface area contributed by atoms with Gasteiger partial charge in [0.25, 0.3) is 0 Å². The van der Waals surface area contributed by atoms with Crippen LogP contribution in [0.15, 0.2) is 48.5 Å². The van der Waals surface area contributed by atoms with E-state index in [2.05, 4.69) is 54.8 Å². The normalized spacial score (nSPS) is 14.8. The first-order valence-corrected chi connectivity index (χ1v) is 14.3. The second-order valence-electron chi connectivity index (χ2n) is 11.4. The summed E-state index contributed by atoms with van der Waals surface area (Å²) in [7, 11) is 0. The van der Waals surface area contributed by atoms with Crippen LogP contribution in [0.1, 0.15) is 90.3 Å². The third kappa shape index (κ3) is 7.99. The molecule has 0 spiro atoms. The number of benzene rings is 2. The SMILES string of the molecule is CCCCC(c1ccccc1N1CCCCC1)N(CC(C)C)C(=O)Cc1ccc(OC(C)(C)C(=O)O)cc1. The van der Waals surface area contributed by atoms with Gasteiger partial charge in [-0.25, -0.2) is 4.79 Å². The topological polar surface area (TPSA) is 70.1 Å². The van der Waals surface area contributed by atoms with Gasteiger partial charge in [-0.15, -0.1) is 0 Å². The van der Waals surface area contributed by atoms with Crippen LogP contribution in [-0.2, 0) is 16.0 Å². The first-order chi connectivity index (χ1) is 18.1. The van der Waals surface area contributed by atoms with E-state index in [4.69, 9.17) is 4.74 Å². The van der Waals surface area contributed by atoms with Crippen molar-refractivity contribution in [3.05, 3.63) is 59.7 Å². The van der Waals surface area contributed by atoms with E-state index in [9.17, 15) is 14.7 Å². The molecule has 1 fully saturated rings. The first kappa shape index (κ1) is 29.5. The van der Waals surface area contributed by atoms with E-state index in [0.29, 0.717) is 24.6 Å². The second-order valence-corrected chi connectivity index (χ2v) is 11.4. The maximum Gasteiger partial charge on any atom is 0.347 e. The maximum atomic E-state index is 13.9. The quantitative estimate of drug-likeness (QED) is 0.311. The van der Waals surface area contributed by atoms with Crippen LogP contribution in [0.5, 0.6) is 5.75 Å². The van der Waals surface area contributed by atoms with Gasteiger partial charge in [-0.1, -0.05) is 63.9 Å². The van der Waals surface area contributed by atoms with Crippen LogP contribution >= 0.6 is 0 Å². The van der Waals surface area contributed by atoms with E-state index in [0.717, 1.165) is 37.9 Å². The number of unbranched alkanes of at least 4 members (excludes halogenated alkanes) is 1. The van der Waals surface area contributed by atoms with E-state index >= 15 is 0 Å². The largest absolute Gasteiger partial charge is 0.478 e. The predicted octanol–water partition coefficient (Wildman–Crippen LogP) is 6.88. The predicted molar refractivity (Wildman–Crippen MR) is 154 cm³/mol. The number of para-hydroxylation sites is 1. The number of amides is 1. The molecule has 1 saturated heterocycles. The molecule has 0 saturated carbocycles. The minimum atomic E-state index is -1.32. The summed E-state index contributed by atoms with van der Waals surface area (Å²) >= 11 is 0. The summed E-state index contributed by atoms with van der Waals surface area (Å²) in [6.45, 7) is 12.4. The molecule has 208 valence electrons. The molecule has 2 aromatic rings. The number of carbonyl (C=O) groups is 2. The van der Waals surface area contributed by atoms with Crippen LogP contribution in [0.25, 0.3) is 0 Å². The molecule has 1 unspecified atom stereocenters. The summed E-state index contributed by atoms with van der Waals surface area (Å²) in [5.74, 6) is -0.0833. The molecule has 1 N–H and O–H groups in total. The molecular weight excluding hydrogens is 476 g/mol. The zero-order valence-electron chi connectivity index (χ0n) is 23.9. The van der Waals surface area contributed by atoms with Gasteiger partial charge in [0.1, 0.15) is 5.75 Å². The molecule has 6 nitrogen and oxygen atoms in total. The van der Waals surface area contributed by atoms with E-state index in [1.54, 1.807) is 12.1 Å². The van der Waals surface area contributed by atoms with Crippen molar-refractivity contribution in [3.8, 4) is 5.75 Å². The lowest BCUT2D eigenvalue weighted by molar-refractivity contribution is -0.152. The highest BCUT2D eigenvalue weighted by Gasteiger charge is 2.30. The van der Waals surface area contributed by atoms with E-state index in [-0.39, 0.29) is 11.9 Å². The highest BCUT2D eigenvalue weighted by molar-refractivity contribution is 5.80. The third-order valence-corrected chi connectivity index (χ3v) is 7.25. The molecule has 3 rings (SSSR count). The average Bonchev–Trinajstić information content (AvgIpc) is 2.89. The van der Waals surface area contributed by atoms with Gasteiger partial charge in [0, 0.05) is 25.3 Å². The molecule has 0 bridgehead atoms. The van der Waals surface area contributed by atoms with Gasteiger partial charge >= 0.3 is 5.97 Å². The van der Waals surface area contributed by atoms with Crippen LogP contribution in [0.3, 0.4) is 0 Å². The zero-order valence-corrected chi connectivity index (χ0v) is 23.9. The number of piperidine rings is 1. The molecule has 0 aliphatic carbocycles. The average molecular weight is 523 g/mol. The van der Waals surface area contributed by atoms with Crippen molar-refractivity contribution in [2.24, 2.45) is 5.92 Å². The fraction of sp³-hybridized carbons (Fsp3) is 0.562. The minimum Gasteiger partial charge on any atom is -0.478 e. The van der Waals surface area contributed by atoms with Crippen molar-refractivity contribution in [2.45, 2.75) is 91.2 Å². The van der Waals surface area contributed by atoms with Gasteiger partial charge in [0.15, 0.2) is 5.60 Å². The number of carboxylic acids is 1. The van der Waals surface area contributed by atoms with E-state index in [1.165, 1.54) is 44.4 Å². The Labute approximate surface area is 229 Å². The van der Waals surface area contributed by atoms with E-state index in [1.807, 2.05) is 12.1 Å².